The van der Waals surface area contributed by atoms with E-state index in [1.54, 1.807) is 7.11 Å². The molecule has 0 aliphatic carbocycles. The maximum absolute atomic E-state index is 13.5. The van der Waals surface area contributed by atoms with Gasteiger partial charge in [-0.1, -0.05) is 30.3 Å². The molecule has 2 heterocycles. The molecule has 1 aromatic heterocycles. The highest BCUT2D eigenvalue weighted by molar-refractivity contribution is 6.39. The van der Waals surface area contributed by atoms with E-state index in [0.29, 0.717) is 31.9 Å². The van der Waals surface area contributed by atoms with Crippen molar-refractivity contribution in [2.45, 2.75) is 26.1 Å². The van der Waals surface area contributed by atoms with E-state index in [0.717, 1.165) is 33.2 Å². The van der Waals surface area contributed by atoms with Crippen molar-refractivity contribution >= 4 is 38.1 Å². The quantitative estimate of drug-likeness (QED) is 0.556. The van der Waals surface area contributed by atoms with Crippen molar-refractivity contribution in [1.29, 1.82) is 0 Å². The van der Waals surface area contributed by atoms with E-state index in [1.807, 2.05) is 60.2 Å². The Kier molecular flexibility index (Phi) is 6.94. The number of amides is 1. The van der Waals surface area contributed by atoms with E-state index in [1.165, 1.54) is 0 Å². The van der Waals surface area contributed by atoms with Crippen LogP contribution in [0.3, 0.4) is 0 Å². The SMILES string of the molecule is [B]C([B])(c1cccc(OC)c1)N1CC(c2cccc3[nH]cc(C)c23)=CC(C(=O)N(CC)CC)C1. The molecular formula is C27H31B2N3O2. The van der Waals surface area contributed by atoms with E-state index >= 15 is 0 Å². The van der Waals surface area contributed by atoms with Gasteiger partial charge in [0, 0.05) is 43.3 Å². The van der Waals surface area contributed by atoms with Crippen molar-refractivity contribution in [2.75, 3.05) is 33.3 Å². The molecule has 1 aliphatic rings. The van der Waals surface area contributed by atoms with Crippen LogP contribution in [-0.2, 0) is 10.1 Å². The topological polar surface area (TPSA) is 48.6 Å². The number of carbonyl (C=O) groups excluding carboxylic acids is 1. The van der Waals surface area contributed by atoms with Crippen LogP contribution in [0.4, 0.5) is 0 Å². The largest absolute Gasteiger partial charge is 0.497 e. The molecule has 3 aromatic rings. The first-order valence-corrected chi connectivity index (χ1v) is 11.8. The number of nitrogens with one attached hydrogen (secondary N) is 1. The van der Waals surface area contributed by atoms with Gasteiger partial charge in [-0.25, -0.2) is 0 Å². The van der Waals surface area contributed by atoms with Crippen LogP contribution in [0.25, 0.3) is 16.5 Å². The van der Waals surface area contributed by atoms with Crippen molar-refractivity contribution in [1.82, 2.24) is 14.8 Å². The molecule has 5 nitrogen and oxygen atoms in total. The zero-order valence-corrected chi connectivity index (χ0v) is 20.5. The molecule has 0 saturated heterocycles. The maximum atomic E-state index is 13.5. The normalized spacial score (nSPS) is 16.9. The molecule has 4 rings (SSSR count). The summed E-state index contributed by atoms with van der Waals surface area (Å²) in [4.78, 5) is 20.7. The third-order valence-electron chi connectivity index (χ3n) is 6.88. The van der Waals surface area contributed by atoms with Crippen molar-refractivity contribution < 1.29 is 9.53 Å². The van der Waals surface area contributed by atoms with Crippen LogP contribution >= 0.6 is 0 Å². The first-order chi connectivity index (χ1) is 16.3. The summed E-state index contributed by atoms with van der Waals surface area (Å²) in [5, 5.41) is -0.123. The molecule has 0 spiro atoms. The molecule has 1 unspecified atom stereocenters. The number of ether oxygens (including phenoxy) is 1. The van der Waals surface area contributed by atoms with Crippen LogP contribution in [0.5, 0.6) is 5.75 Å². The van der Waals surface area contributed by atoms with Gasteiger partial charge in [0.05, 0.1) is 28.7 Å². The highest BCUT2D eigenvalue weighted by Gasteiger charge is 2.36. The molecule has 7 heteroatoms. The Morgan fingerprint density at radius 1 is 1.21 bits per heavy atom. The Hall–Kier alpha value is -2.92. The lowest BCUT2D eigenvalue weighted by Crippen LogP contribution is -2.53. The summed E-state index contributed by atoms with van der Waals surface area (Å²) in [7, 11) is 15.2. The number of benzene rings is 2. The molecular weight excluding hydrogens is 420 g/mol. The van der Waals surface area contributed by atoms with E-state index in [-0.39, 0.29) is 11.8 Å². The molecule has 1 N–H and O–H groups in total. The lowest BCUT2D eigenvalue weighted by molar-refractivity contribution is -0.134. The summed E-state index contributed by atoms with van der Waals surface area (Å²) in [5.74, 6) is 0.427. The number of carbonyl (C=O) groups is 1. The van der Waals surface area contributed by atoms with E-state index in [2.05, 4.69) is 30.1 Å². The van der Waals surface area contributed by atoms with Crippen LogP contribution in [-0.4, -0.2) is 69.7 Å². The monoisotopic (exact) mass is 451 g/mol. The van der Waals surface area contributed by atoms with Gasteiger partial charge in [-0.05, 0) is 66.6 Å². The predicted octanol–water partition coefficient (Wildman–Crippen LogP) is 3.82. The Morgan fingerprint density at radius 2 is 1.94 bits per heavy atom. The van der Waals surface area contributed by atoms with Crippen LogP contribution in [0.1, 0.15) is 30.5 Å². The van der Waals surface area contributed by atoms with Gasteiger partial charge < -0.3 is 19.5 Å². The molecule has 0 fully saturated rings. The first-order valence-electron chi connectivity index (χ1n) is 11.8. The van der Waals surface area contributed by atoms with Gasteiger partial charge in [0.15, 0.2) is 0 Å². The molecule has 4 radical (unpaired) electrons. The number of aromatic amines is 1. The first kappa shape index (κ1) is 24.2. The second-order valence-electron chi connectivity index (χ2n) is 8.95. The van der Waals surface area contributed by atoms with Crippen LogP contribution in [0.15, 0.2) is 54.7 Å². The number of H-pyrrole nitrogens is 1. The van der Waals surface area contributed by atoms with E-state index in [9.17, 15) is 4.79 Å². The Morgan fingerprint density at radius 3 is 2.65 bits per heavy atom. The number of methoxy groups -OCH3 is 1. The van der Waals surface area contributed by atoms with Gasteiger partial charge >= 0.3 is 0 Å². The number of fused-ring (bicyclic) bond motifs is 1. The number of aromatic nitrogens is 1. The van der Waals surface area contributed by atoms with E-state index < -0.39 is 5.34 Å². The molecule has 2 aromatic carbocycles. The van der Waals surface area contributed by atoms with E-state index in [4.69, 9.17) is 20.4 Å². The number of aryl methyl sites for hydroxylation is 1. The zero-order valence-electron chi connectivity index (χ0n) is 20.5. The fourth-order valence-electron chi connectivity index (χ4n) is 4.91. The number of nitrogens with zero attached hydrogens (tertiary/aromatic N) is 2. The lowest BCUT2D eigenvalue weighted by Gasteiger charge is -2.45. The van der Waals surface area contributed by atoms with Gasteiger partial charge in [0.1, 0.15) is 5.75 Å². The van der Waals surface area contributed by atoms with Crippen molar-refractivity contribution in [2.24, 2.45) is 5.92 Å². The summed E-state index contributed by atoms with van der Waals surface area (Å²) < 4.78 is 5.39. The second kappa shape index (κ2) is 9.75. The lowest BCUT2D eigenvalue weighted by atomic mass is 9.56. The minimum Gasteiger partial charge on any atom is -0.497 e. The molecule has 1 amide bonds. The van der Waals surface area contributed by atoms with Gasteiger partial charge in [0.2, 0.25) is 5.91 Å². The summed E-state index contributed by atoms with van der Waals surface area (Å²) in [6.07, 6.45) is 4.13. The number of hydrogen-bond acceptors (Lipinski definition) is 3. The summed E-state index contributed by atoms with van der Waals surface area (Å²) in [6, 6.07) is 13.7. The fourth-order valence-corrected chi connectivity index (χ4v) is 4.91. The van der Waals surface area contributed by atoms with Crippen LogP contribution < -0.4 is 4.74 Å². The molecule has 0 saturated carbocycles. The highest BCUT2D eigenvalue weighted by atomic mass is 16.5. The number of hydrogen-bond donors (Lipinski definition) is 1. The maximum Gasteiger partial charge on any atom is 0.230 e. The Balaban J connectivity index is 1.80. The highest BCUT2D eigenvalue weighted by Crippen LogP contribution is 2.36. The molecule has 1 atom stereocenters. The Labute approximate surface area is 205 Å². The van der Waals surface area contributed by atoms with Crippen molar-refractivity contribution in [3.63, 3.8) is 0 Å². The van der Waals surface area contributed by atoms with Crippen molar-refractivity contribution in [3.8, 4) is 5.75 Å². The summed E-state index contributed by atoms with van der Waals surface area (Å²) >= 11 is 0. The molecule has 1 aliphatic heterocycles. The Bertz CT molecular complexity index is 1210. The second-order valence-corrected chi connectivity index (χ2v) is 8.95. The van der Waals surface area contributed by atoms with Gasteiger partial charge in [-0.15, -0.1) is 0 Å². The van der Waals surface area contributed by atoms with Crippen LogP contribution in [0.2, 0.25) is 0 Å². The predicted molar refractivity (Wildman–Crippen MR) is 140 cm³/mol. The summed E-state index contributed by atoms with van der Waals surface area (Å²) in [5.41, 5.74) is 5.11. The smallest absolute Gasteiger partial charge is 0.230 e. The molecule has 0 bridgehead atoms. The minimum atomic E-state index is -1.28. The fraction of sp³-hybridized carbons (Fsp3) is 0.370. The van der Waals surface area contributed by atoms with Gasteiger partial charge in [-0.2, -0.15) is 0 Å². The molecule has 34 heavy (non-hydrogen) atoms. The molecule has 172 valence electrons. The average molecular weight is 451 g/mol. The van der Waals surface area contributed by atoms with Gasteiger partial charge in [0.25, 0.3) is 0 Å². The zero-order chi connectivity index (χ0) is 24.5. The summed E-state index contributed by atoms with van der Waals surface area (Å²) in [6.45, 7) is 8.38. The minimum absolute atomic E-state index is 0.0895. The van der Waals surface area contributed by atoms with Crippen molar-refractivity contribution in [3.05, 3.63) is 71.4 Å². The van der Waals surface area contributed by atoms with Crippen LogP contribution in [0, 0.1) is 12.8 Å². The standard InChI is InChI=1S/C27H31B2N3O2/c1-5-31(6-2)26(33)20-13-19(23-11-8-12-24-25(23)18(3)15-30-24)16-32(17-20)27(28,29)21-9-7-10-22(14-21)34-4/h7-15,20,30H,5-6,16-17H2,1-4H3. The average Bonchev–Trinajstić information content (AvgIpc) is 3.25. The third-order valence-corrected chi connectivity index (χ3v) is 6.88. The number of rotatable bonds is 7. The third kappa shape index (κ3) is 4.41. The van der Waals surface area contributed by atoms with Gasteiger partial charge in [-0.3, -0.25) is 4.79 Å².